The molecule has 2 amide bonds. The zero-order chi connectivity index (χ0) is 26.0. The van der Waals surface area contributed by atoms with E-state index in [4.69, 9.17) is 4.74 Å². The Bertz CT molecular complexity index is 1210. The van der Waals surface area contributed by atoms with Crippen molar-refractivity contribution in [2.24, 2.45) is 5.10 Å². The average molecular weight is 484 g/mol. The number of carbonyl (C=O) groups is 2. The molecule has 186 valence electrons. The number of benzene rings is 3. The van der Waals surface area contributed by atoms with E-state index in [9.17, 15) is 9.59 Å². The van der Waals surface area contributed by atoms with E-state index in [0.29, 0.717) is 12.2 Å². The van der Waals surface area contributed by atoms with Crippen LogP contribution in [0.4, 0.5) is 0 Å². The number of nitrogens with zero attached hydrogens (tertiary/aromatic N) is 1. The highest BCUT2D eigenvalue weighted by molar-refractivity contribution is 6.05. The van der Waals surface area contributed by atoms with Crippen LogP contribution >= 0.6 is 0 Å². The minimum absolute atomic E-state index is 0.0564. The number of carbonyl (C=O) groups excluding carboxylic acids is 2. The Labute approximate surface area is 213 Å². The highest BCUT2D eigenvalue weighted by Crippen LogP contribution is 2.21. The third-order valence-electron chi connectivity index (χ3n) is 5.35. The van der Waals surface area contributed by atoms with Crippen molar-refractivity contribution in [3.05, 3.63) is 107 Å². The van der Waals surface area contributed by atoms with Gasteiger partial charge in [0, 0.05) is 5.56 Å². The molecule has 3 rings (SSSR count). The van der Waals surface area contributed by atoms with E-state index in [1.54, 1.807) is 36.6 Å². The molecule has 0 spiro atoms. The van der Waals surface area contributed by atoms with Gasteiger partial charge in [0.25, 0.3) is 11.8 Å². The monoisotopic (exact) mass is 483 g/mol. The van der Waals surface area contributed by atoms with E-state index in [1.807, 2.05) is 61.5 Å². The number of ether oxygens (including phenoxy) is 1. The first-order valence-corrected chi connectivity index (χ1v) is 12.0. The summed E-state index contributed by atoms with van der Waals surface area (Å²) in [6.45, 7) is 9.13. The highest BCUT2D eigenvalue weighted by Gasteiger charge is 2.15. The molecule has 36 heavy (non-hydrogen) atoms. The maximum absolute atomic E-state index is 13.0. The molecule has 0 atom stereocenters. The van der Waals surface area contributed by atoms with Crippen molar-refractivity contribution in [1.82, 2.24) is 10.7 Å². The summed E-state index contributed by atoms with van der Waals surface area (Å²) in [6.07, 6.45) is 4.09. The summed E-state index contributed by atoms with van der Waals surface area (Å²) in [6, 6.07) is 24.0. The topological polar surface area (TPSA) is 79.8 Å². The normalized spacial score (nSPS) is 11.8. The van der Waals surface area contributed by atoms with Crippen molar-refractivity contribution < 1.29 is 14.3 Å². The summed E-state index contributed by atoms with van der Waals surface area (Å²) in [5, 5.41) is 6.80. The smallest absolute Gasteiger partial charge is 0.287 e. The fourth-order valence-corrected chi connectivity index (χ4v) is 3.28. The van der Waals surface area contributed by atoms with Gasteiger partial charge in [-0.25, -0.2) is 5.43 Å². The Morgan fingerprint density at radius 2 is 1.53 bits per heavy atom. The maximum atomic E-state index is 13.0. The number of hydrogen-bond donors (Lipinski definition) is 2. The van der Waals surface area contributed by atoms with Crippen LogP contribution in [0, 0.1) is 0 Å². The Hall–Kier alpha value is -4.19. The molecule has 3 aromatic rings. The maximum Gasteiger partial charge on any atom is 0.287 e. The Kier molecular flexibility index (Phi) is 9.17. The number of nitrogens with one attached hydrogen (secondary N) is 2. The van der Waals surface area contributed by atoms with Crippen LogP contribution < -0.4 is 15.5 Å². The lowest BCUT2D eigenvalue weighted by atomic mass is 9.87. The van der Waals surface area contributed by atoms with E-state index in [0.717, 1.165) is 23.3 Å². The molecule has 0 radical (unpaired) electrons. The summed E-state index contributed by atoms with van der Waals surface area (Å²) < 4.78 is 5.62. The van der Waals surface area contributed by atoms with Crippen LogP contribution in [0.5, 0.6) is 5.75 Å². The minimum Gasteiger partial charge on any atom is -0.494 e. The molecule has 0 aliphatic rings. The first kappa shape index (κ1) is 26.4. The number of rotatable bonds is 9. The van der Waals surface area contributed by atoms with Crippen LogP contribution in [0.1, 0.15) is 61.2 Å². The van der Waals surface area contributed by atoms with Gasteiger partial charge in [0.05, 0.1) is 12.8 Å². The second-order valence-corrected chi connectivity index (χ2v) is 9.37. The molecule has 6 nitrogen and oxygen atoms in total. The predicted molar refractivity (Wildman–Crippen MR) is 145 cm³/mol. The lowest BCUT2D eigenvalue weighted by molar-refractivity contribution is -0.117. The standard InChI is InChI=1S/C30H33N3O3/c1-5-19-36-26-17-13-22(14-18-26)20-27(32-28(34)24-9-7-6-8-10-24)29(35)33-31-21-23-11-15-25(16-12-23)30(2,3)4/h6-18,20-21H,5,19H2,1-4H3,(H,32,34)(H,33,35)/b27-20-,31-21?. The molecule has 6 heteroatoms. The van der Waals surface area contributed by atoms with Crippen molar-refractivity contribution in [1.29, 1.82) is 0 Å². The van der Waals surface area contributed by atoms with Crippen molar-refractivity contribution in [3.63, 3.8) is 0 Å². The molecule has 0 saturated heterocycles. The summed E-state index contributed by atoms with van der Waals surface area (Å²) in [7, 11) is 0. The molecule has 0 bridgehead atoms. The number of hydrogen-bond acceptors (Lipinski definition) is 4. The van der Waals surface area contributed by atoms with Crippen LogP contribution in [-0.4, -0.2) is 24.6 Å². The van der Waals surface area contributed by atoms with Gasteiger partial charge in [0.1, 0.15) is 11.4 Å². The highest BCUT2D eigenvalue weighted by atomic mass is 16.5. The van der Waals surface area contributed by atoms with Crippen LogP contribution in [0.3, 0.4) is 0 Å². The van der Waals surface area contributed by atoms with Gasteiger partial charge in [0.2, 0.25) is 0 Å². The molecule has 0 aliphatic carbocycles. The molecule has 2 N–H and O–H groups in total. The van der Waals surface area contributed by atoms with E-state index in [-0.39, 0.29) is 17.0 Å². The number of hydrazone groups is 1. The van der Waals surface area contributed by atoms with Gasteiger partial charge in [-0.05, 0) is 58.9 Å². The molecule has 0 saturated carbocycles. The van der Waals surface area contributed by atoms with Crippen molar-refractivity contribution >= 4 is 24.1 Å². The molecule has 0 aromatic heterocycles. The fourth-order valence-electron chi connectivity index (χ4n) is 3.28. The number of amides is 2. The van der Waals surface area contributed by atoms with Crippen molar-refractivity contribution in [3.8, 4) is 5.75 Å². The lowest BCUT2D eigenvalue weighted by Gasteiger charge is -2.18. The summed E-state index contributed by atoms with van der Waals surface area (Å²) in [4.78, 5) is 25.7. The van der Waals surface area contributed by atoms with Gasteiger partial charge in [-0.15, -0.1) is 0 Å². The Morgan fingerprint density at radius 3 is 2.14 bits per heavy atom. The quantitative estimate of drug-likeness (QED) is 0.233. The van der Waals surface area contributed by atoms with E-state index in [1.165, 1.54) is 5.56 Å². The second kappa shape index (κ2) is 12.5. The molecule has 0 unspecified atom stereocenters. The van der Waals surface area contributed by atoms with E-state index in [2.05, 4.69) is 36.6 Å². The SMILES string of the molecule is CCCOc1ccc(/C=C(\NC(=O)c2ccccc2)C(=O)NN=Cc2ccc(C(C)(C)C)cc2)cc1. The van der Waals surface area contributed by atoms with E-state index >= 15 is 0 Å². The summed E-state index contributed by atoms with van der Waals surface area (Å²) in [5.74, 6) is -0.176. The van der Waals surface area contributed by atoms with Crippen LogP contribution in [0.25, 0.3) is 6.08 Å². The molecule has 3 aromatic carbocycles. The summed E-state index contributed by atoms with van der Waals surface area (Å²) in [5.41, 5.74) is 5.89. The van der Waals surface area contributed by atoms with Crippen LogP contribution in [-0.2, 0) is 10.2 Å². The Balaban J connectivity index is 1.76. The summed E-state index contributed by atoms with van der Waals surface area (Å²) >= 11 is 0. The average Bonchev–Trinajstić information content (AvgIpc) is 2.88. The molecular weight excluding hydrogens is 450 g/mol. The first-order chi connectivity index (χ1) is 17.3. The van der Waals surface area contributed by atoms with Gasteiger partial charge in [-0.1, -0.05) is 82.3 Å². The van der Waals surface area contributed by atoms with Crippen LogP contribution in [0.15, 0.2) is 89.7 Å². The molecule has 0 aliphatic heterocycles. The van der Waals surface area contributed by atoms with E-state index < -0.39 is 5.91 Å². The zero-order valence-electron chi connectivity index (χ0n) is 21.2. The van der Waals surface area contributed by atoms with Crippen molar-refractivity contribution in [2.45, 2.75) is 39.5 Å². The van der Waals surface area contributed by atoms with Crippen molar-refractivity contribution in [2.75, 3.05) is 6.61 Å². The van der Waals surface area contributed by atoms with Gasteiger partial charge < -0.3 is 10.1 Å². The van der Waals surface area contributed by atoms with Gasteiger partial charge >= 0.3 is 0 Å². The first-order valence-electron chi connectivity index (χ1n) is 12.0. The zero-order valence-corrected chi connectivity index (χ0v) is 21.2. The van der Waals surface area contributed by atoms with Gasteiger partial charge in [-0.3, -0.25) is 9.59 Å². The third kappa shape index (κ3) is 7.94. The third-order valence-corrected chi connectivity index (χ3v) is 5.35. The predicted octanol–water partition coefficient (Wildman–Crippen LogP) is 5.69. The Morgan fingerprint density at radius 1 is 0.889 bits per heavy atom. The van der Waals surface area contributed by atoms with Crippen LogP contribution in [0.2, 0.25) is 0 Å². The van der Waals surface area contributed by atoms with Gasteiger partial charge in [-0.2, -0.15) is 5.10 Å². The molecular formula is C30H33N3O3. The van der Waals surface area contributed by atoms with Gasteiger partial charge in [0.15, 0.2) is 0 Å². The fraction of sp³-hybridized carbons (Fsp3) is 0.233. The second-order valence-electron chi connectivity index (χ2n) is 9.37. The largest absolute Gasteiger partial charge is 0.494 e. The lowest BCUT2D eigenvalue weighted by Crippen LogP contribution is -2.32. The molecule has 0 heterocycles. The molecule has 0 fully saturated rings. The minimum atomic E-state index is -0.534.